The number of hydrogen-bond donors (Lipinski definition) is 2. The number of hydrogen-bond acceptors (Lipinski definition) is 5. The summed E-state index contributed by atoms with van der Waals surface area (Å²) in [5.74, 6) is -0.816. The van der Waals surface area contributed by atoms with Crippen LogP contribution in [0.3, 0.4) is 0 Å². The number of anilines is 1. The highest BCUT2D eigenvalue weighted by Crippen LogP contribution is 2.35. The van der Waals surface area contributed by atoms with Gasteiger partial charge in [0.1, 0.15) is 0 Å². The highest BCUT2D eigenvalue weighted by atomic mass is 16.2. The van der Waals surface area contributed by atoms with Crippen LogP contribution in [0, 0.1) is 0 Å². The number of piperidine rings is 2. The molecule has 7 nitrogen and oxygen atoms in total. The first-order valence-electron chi connectivity index (χ1n) is 8.84. The number of nitrogens with zero attached hydrogens (tertiary/aromatic N) is 3. The van der Waals surface area contributed by atoms with Crippen LogP contribution >= 0.6 is 0 Å². The van der Waals surface area contributed by atoms with Crippen molar-refractivity contribution in [1.29, 1.82) is 0 Å². The third kappa shape index (κ3) is 2.78. The molecule has 2 amide bonds. The predicted octanol–water partition coefficient (Wildman–Crippen LogP) is 1.02. The van der Waals surface area contributed by atoms with Gasteiger partial charge < -0.3 is 10.6 Å². The van der Waals surface area contributed by atoms with E-state index in [0.29, 0.717) is 12.8 Å². The second-order valence-electron chi connectivity index (χ2n) is 7.01. The average Bonchev–Trinajstić information content (AvgIpc) is 2.93. The summed E-state index contributed by atoms with van der Waals surface area (Å²) >= 11 is 0. The third-order valence-corrected chi connectivity index (χ3v) is 5.32. The Bertz CT molecular complexity index is 835. The molecule has 2 aliphatic heterocycles. The normalized spacial score (nSPS) is 22.5. The first-order valence-corrected chi connectivity index (χ1v) is 8.84. The van der Waals surface area contributed by atoms with Gasteiger partial charge in [0.25, 0.3) is 0 Å². The van der Waals surface area contributed by atoms with Crippen LogP contribution in [0.15, 0.2) is 18.2 Å². The van der Waals surface area contributed by atoms with Crippen LogP contribution in [0.25, 0.3) is 10.9 Å². The van der Waals surface area contributed by atoms with Crippen molar-refractivity contribution in [2.45, 2.75) is 37.6 Å². The fourth-order valence-electron chi connectivity index (χ4n) is 3.95. The molecular formula is C18H23N5O2. The number of rotatable bonds is 2. The van der Waals surface area contributed by atoms with Crippen molar-refractivity contribution in [3.63, 3.8) is 0 Å². The zero-order chi connectivity index (χ0) is 17.6. The number of para-hydroxylation sites is 1. The molecule has 0 saturated carbocycles. The van der Waals surface area contributed by atoms with Crippen molar-refractivity contribution in [1.82, 2.24) is 15.1 Å². The lowest BCUT2D eigenvalue weighted by Gasteiger charge is -2.32. The molecule has 1 atom stereocenters. The highest BCUT2D eigenvalue weighted by molar-refractivity contribution is 6.03. The molecule has 0 aliphatic carbocycles. The number of aromatic nitrogens is 2. The molecule has 0 spiro atoms. The molecule has 1 unspecified atom stereocenters. The van der Waals surface area contributed by atoms with Crippen LogP contribution in [0.2, 0.25) is 0 Å². The van der Waals surface area contributed by atoms with Gasteiger partial charge in [0.2, 0.25) is 11.8 Å². The van der Waals surface area contributed by atoms with E-state index in [1.54, 1.807) is 0 Å². The van der Waals surface area contributed by atoms with Crippen molar-refractivity contribution in [2.75, 3.05) is 18.0 Å². The summed E-state index contributed by atoms with van der Waals surface area (Å²) in [5.41, 5.74) is 8.97. The van der Waals surface area contributed by atoms with Gasteiger partial charge in [-0.1, -0.05) is 12.1 Å². The predicted molar refractivity (Wildman–Crippen MR) is 95.3 cm³/mol. The summed E-state index contributed by atoms with van der Waals surface area (Å²) in [5, 5.41) is 8.08. The molecular weight excluding hydrogens is 318 g/mol. The number of nitrogens with one attached hydrogen (secondary N) is 1. The minimum atomic E-state index is -0.369. The van der Waals surface area contributed by atoms with Gasteiger partial charge in [0.05, 0.1) is 22.8 Å². The van der Waals surface area contributed by atoms with Gasteiger partial charge in [-0.05, 0) is 25.3 Å². The number of aryl methyl sites for hydroxylation is 1. The molecule has 2 fully saturated rings. The number of carbonyl (C=O) groups excluding carboxylic acids is 2. The molecule has 0 radical (unpaired) electrons. The van der Waals surface area contributed by atoms with E-state index in [-0.39, 0.29) is 23.8 Å². The molecule has 7 heteroatoms. The topological polar surface area (TPSA) is 93.2 Å². The fraction of sp³-hybridized carbons (Fsp3) is 0.500. The maximum Gasteiger partial charge on any atom is 0.235 e. The number of benzene rings is 1. The quantitative estimate of drug-likeness (QED) is 0.796. The Kier molecular flexibility index (Phi) is 3.95. The lowest BCUT2D eigenvalue weighted by atomic mass is 9.92. The molecule has 25 heavy (non-hydrogen) atoms. The Balaban J connectivity index is 1.75. The number of nitrogens with two attached hydrogens (primary N) is 1. The van der Waals surface area contributed by atoms with E-state index in [0.717, 1.165) is 48.2 Å². The van der Waals surface area contributed by atoms with Crippen molar-refractivity contribution < 1.29 is 9.59 Å². The van der Waals surface area contributed by atoms with Crippen LogP contribution < -0.4 is 16.0 Å². The maximum absolute atomic E-state index is 12.3. The zero-order valence-electron chi connectivity index (χ0n) is 14.4. The molecule has 2 aliphatic rings. The molecule has 3 heterocycles. The monoisotopic (exact) mass is 341 g/mol. The van der Waals surface area contributed by atoms with Gasteiger partial charge in [-0.2, -0.15) is 5.10 Å². The number of amides is 2. The Morgan fingerprint density at radius 2 is 1.96 bits per heavy atom. The van der Waals surface area contributed by atoms with E-state index >= 15 is 0 Å². The lowest BCUT2D eigenvalue weighted by molar-refractivity contribution is -0.134. The van der Waals surface area contributed by atoms with Gasteiger partial charge >= 0.3 is 0 Å². The van der Waals surface area contributed by atoms with Gasteiger partial charge in [-0.15, -0.1) is 0 Å². The van der Waals surface area contributed by atoms with Gasteiger partial charge in [-0.3, -0.25) is 19.6 Å². The number of carbonyl (C=O) groups is 2. The molecule has 2 aromatic rings. The summed E-state index contributed by atoms with van der Waals surface area (Å²) in [6.07, 6.45) is 2.83. The number of imide groups is 1. The Hall–Kier alpha value is -2.41. The molecule has 132 valence electrons. The molecule has 1 aromatic heterocycles. The first-order chi connectivity index (χ1) is 12.0. The minimum Gasteiger partial charge on any atom is -0.370 e. The van der Waals surface area contributed by atoms with Crippen LogP contribution in [0.1, 0.15) is 37.3 Å². The Labute approximate surface area is 146 Å². The van der Waals surface area contributed by atoms with Crippen molar-refractivity contribution >= 4 is 28.4 Å². The molecule has 4 rings (SSSR count). The van der Waals surface area contributed by atoms with E-state index in [9.17, 15) is 9.59 Å². The lowest BCUT2D eigenvalue weighted by Crippen LogP contribution is -2.40. The van der Waals surface area contributed by atoms with E-state index in [1.165, 1.54) is 0 Å². The maximum atomic E-state index is 12.3. The van der Waals surface area contributed by atoms with Crippen molar-refractivity contribution in [3.05, 3.63) is 23.9 Å². The second kappa shape index (κ2) is 6.15. The summed E-state index contributed by atoms with van der Waals surface area (Å²) in [7, 11) is 1.91. The van der Waals surface area contributed by atoms with E-state index in [2.05, 4.69) is 21.4 Å². The molecule has 0 bridgehead atoms. The standard InChI is InChI=1S/C18H23N5O2/c1-22-17-12(16(21-22)13-5-6-15(24)20-18(13)25)3-2-4-14(17)23-9-7-11(19)8-10-23/h2-4,11,13H,5-10,19H2,1H3,(H,20,24,25). The van der Waals surface area contributed by atoms with E-state index in [1.807, 2.05) is 23.9 Å². The Morgan fingerprint density at radius 1 is 1.20 bits per heavy atom. The van der Waals surface area contributed by atoms with Gasteiger partial charge in [0, 0.05) is 38.0 Å². The van der Waals surface area contributed by atoms with Crippen LogP contribution in [-0.4, -0.2) is 40.7 Å². The first kappa shape index (κ1) is 16.1. The van der Waals surface area contributed by atoms with Crippen LogP contribution in [-0.2, 0) is 16.6 Å². The van der Waals surface area contributed by atoms with Crippen molar-refractivity contribution in [2.24, 2.45) is 12.8 Å². The van der Waals surface area contributed by atoms with Crippen molar-refractivity contribution in [3.8, 4) is 0 Å². The highest BCUT2D eigenvalue weighted by Gasteiger charge is 2.32. The smallest absolute Gasteiger partial charge is 0.235 e. The van der Waals surface area contributed by atoms with E-state index in [4.69, 9.17) is 5.73 Å². The summed E-state index contributed by atoms with van der Waals surface area (Å²) in [6, 6.07) is 6.42. The summed E-state index contributed by atoms with van der Waals surface area (Å²) in [6.45, 7) is 1.86. The average molecular weight is 341 g/mol. The second-order valence-corrected chi connectivity index (χ2v) is 7.01. The van der Waals surface area contributed by atoms with E-state index < -0.39 is 0 Å². The summed E-state index contributed by atoms with van der Waals surface area (Å²) < 4.78 is 1.86. The van der Waals surface area contributed by atoms with Gasteiger partial charge in [-0.25, -0.2) is 0 Å². The SMILES string of the molecule is Cn1nc(C2CCC(=O)NC2=O)c2cccc(N3CCC(N)CC3)c21. The molecule has 1 aromatic carbocycles. The zero-order valence-corrected chi connectivity index (χ0v) is 14.4. The fourth-order valence-corrected chi connectivity index (χ4v) is 3.95. The third-order valence-electron chi connectivity index (χ3n) is 5.32. The minimum absolute atomic E-state index is 0.202. The van der Waals surface area contributed by atoms with Gasteiger partial charge in [0.15, 0.2) is 0 Å². The largest absolute Gasteiger partial charge is 0.370 e. The summed E-state index contributed by atoms with van der Waals surface area (Å²) in [4.78, 5) is 26.1. The molecule has 3 N–H and O–H groups in total. The van der Waals surface area contributed by atoms with Crippen LogP contribution in [0.4, 0.5) is 5.69 Å². The van der Waals surface area contributed by atoms with Crippen LogP contribution in [0.5, 0.6) is 0 Å². The molecule has 2 saturated heterocycles. The number of fused-ring (bicyclic) bond motifs is 1. The Morgan fingerprint density at radius 3 is 2.68 bits per heavy atom.